The minimum atomic E-state index is -0.311. The Kier molecular flexibility index (Phi) is 5.15. The average Bonchev–Trinajstić information content (AvgIpc) is 2.82. The van der Waals surface area contributed by atoms with Gasteiger partial charge in [0.1, 0.15) is 6.04 Å². The summed E-state index contributed by atoms with van der Waals surface area (Å²) in [5.74, 6) is -0.258. The van der Waals surface area contributed by atoms with Gasteiger partial charge in [-0.1, -0.05) is 6.92 Å². The number of esters is 1. The van der Waals surface area contributed by atoms with E-state index in [9.17, 15) is 4.79 Å². The highest BCUT2D eigenvalue weighted by Gasteiger charge is 2.12. The van der Waals surface area contributed by atoms with Crippen LogP contribution in [-0.2, 0) is 16.1 Å². The van der Waals surface area contributed by atoms with Gasteiger partial charge in [-0.15, -0.1) is 0 Å². The van der Waals surface area contributed by atoms with Crippen molar-refractivity contribution in [2.24, 2.45) is 0 Å². The summed E-state index contributed by atoms with van der Waals surface area (Å²) in [6, 6.07) is 2.05. The van der Waals surface area contributed by atoms with E-state index >= 15 is 0 Å². The second-order valence-electron chi connectivity index (χ2n) is 4.17. The van der Waals surface area contributed by atoms with Gasteiger partial charge >= 0.3 is 5.97 Å². The topological polar surface area (TPSA) is 56.2 Å². The predicted octanol–water partition coefficient (Wildman–Crippen LogP) is 1.51. The third kappa shape index (κ3) is 3.85. The number of hydrogen-bond acceptors (Lipinski definition) is 4. The molecule has 0 amide bonds. The SMILES string of the molecule is CCC(C)n1ccc(CNC(C)C(=O)OC)n1. The summed E-state index contributed by atoms with van der Waals surface area (Å²) in [5.41, 5.74) is 0.932. The summed E-state index contributed by atoms with van der Waals surface area (Å²) >= 11 is 0. The fourth-order valence-corrected chi connectivity index (χ4v) is 1.42. The van der Waals surface area contributed by atoms with Crippen molar-refractivity contribution in [2.75, 3.05) is 7.11 Å². The van der Waals surface area contributed by atoms with E-state index in [-0.39, 0.29) is 12.0 Å². The Hall–Kier alpha value is -1.36. The number of nitrogens with one attached hydrogen (secondary N) is 1. The zero-order valence-electron chi connectivity index (χ0n) is 10.9. The van der Waals surface area contributed by atoms with Crippen LogP contribution >= 0.6 is 0 Å². The Morgan fingerprint density at radius 3 is 2.88 bits per heavy atom. The molecule has 0 aliphatic rings. The van der Waals surface area contributed by atoms with E-state index in [1.165, 1.54) is 7.11 Å². The normalized spacial score (nSPS) is 14.4. The Labute approximate surface area is 102 Å². The summed E-state index contributed by atoms with van der Waals surface area (Å²) in [6.45, 7) is 6.60. The molecule has 0 bridgehead atoms. The van der Waals surface area contributed by atoms with Crippen molar-refractivity contribution in [1.29, 1.82) is 0 Å². The van der Waals surface area contributed by atoms with Crippen LogP contribution in [0.1, 0.15) is 38.9 Å². The van der Waals surface area contributed by atoms with Crippen molar-refractivity contribution in [2.45, 2.75) is 45.8 Å². The fraction of sp³-hybridized carbons (Fsp3) is 0.667. The first-order valence-electron chi connectivity index (χ1n) is 5.93. The highest BCUT2D eigenvalue weighted by atomic mass is 16.5. The molecule has 0 spiro atoms. The van der Waals surface area contributed by atoms with Crippen LogP contribution in [0.15, 0.2) is 12.3 Å². The molecule has 96 valence electrons. The molecule has 1 heterocycles. The molecule has 1 aromatic rings. The van der Waals surface area contributed by atoms with Gasteiger partial charge < -0.3 is 4.74 Å². The van der Waals surface area contributed by atoms with Crippen LogP contribution < -0.4 is 5.32 Å². The maximum absolute atomic E-state index is 11.2. The molecule has 1 aromatic heterocycles. The predicted molar refractivity (Wildman–Crippen MR) is 65.5 cm³/mol. The average molecular weight is 239 g/mol. The van der Waals surface area contributed by atoms with Crippen LogP contribution in [0.2, 0.25) is 0 Å². The quantitative estimate of drug-likeness (QED) is 0.764. The van der Waals surface area contributed by atoms with Crippen molar-refractivity contribution in [3.8, 4) is 0 Å². The number of ether oxygens (including phenoxy) is 1. The molecule has 17 heavy (non-hydrogen) atoms. The molecule has 5 nitrogen and oxygen atoms in total. The highest BCUT2D eigenvalue weighted by Crippen LogP contribution is 2.09. The number of carbonyl (C=O) groups is 1. The largest absolute Gasteiger partial charge is 0.468 e. The molecule has 0 saturated carbocycles. The number of aromatic nitrogens is 2. The molecule has 2 unspecified atom stereocenters. The first-order valence-corrected chi connectivity index (χ1v) is 5.93. The standard InChI is InChI=1S/C12H21N3O2/c1-5-9(2)15-7-6-11(14-15)8-13-10(3)12(16)17-4/h6-7,9-10,13H,5,8H2,1-4H3. The zero-order valence-corrected chi connectivity index (χ0v) is 10.9. The maximum Gasteiger partial charge on any atom is 0.322 e. The molecule has 1 rings (SSSR count). The molecule has 0 saturated heterocycles. The van der Waals surface area contributed by atoms with Gasteiger partial charge in [0, 0.05) is 18.8 Å². The van der Waals surface area contributed by atoms with Gasteiger partial charge in [-0.2, -0.15) is 5.10 Å². The Morgan fingerprint density at radius 1 is 1.59 bits per heavy atom. The molecular weight excluding hydrogens is 218 g/mol. The lowest BCUT2D eigenvalue weighted by Crippen LogP contribution is -2.34. The summed E-state index contributed by atoms with van der Waals surface area (Å²) in [5, 5.41) is 7.51. The molecule has 0 radical (unpaired) electrons. The van der Waals surface area contributed by atoms with E-state index in [0.717, 1.165) is 12.1 Å². The van der Waals surface area contributed by atoms with Gasteiger partial charge in [-0.3, -0.25) is 14.8 Å². The van der Waals surface area contributed by atoms with Crippen LogP contribution in [0.25, 0.3) is 0 Å². The van der Waals surface area contributed by atoms with E-state index in [4.69, 9.17) is 0 Å². The van der Waals surface area contributed by atoms with Gasteiger partial charge in [0.15, 0.2) is 0 Å². The maximum atomic E-state index is 11.2. The smallest absolute Gasteiger partial charge is 0.322 e. The van der Waals surface area contributed by atoms with E-state index in [2.05, 4.69) is 29.0 Å². The number of hydrogen-bond donors (Lipinski definition) is 1. The number of rotatable bonds is 6. The fourth-order valence-electron chi connectivity index (χ4n) is 1.42. The number of carbonyl (C=O) groups excluding carboxylic acids is 1. The lowest BCUT2D eigenvalue weighted by atomic mass is 10.3. The van der Waals surface area contributed by atoms with Crippen molar-refractivity contribution in [3.05, 3.63) is 18.0 Å². The molecule has 5 heteroatoms. The van der Waals surface area contributed by atoms with Crippen molar-refractivity contribution in [1.82, 2.24) is 15.1 Å². The van der Waals surface area contributed by atoms with Crippen molar-refractivity contribution < 1.29 is 9.53 Å². The summed E-state index contributed by atoms with van der Waals surface area (Å²) < 4.78 is 6.58. The lowest BCUT2D eigenvalue weighted by Gasteiger charge is -2.10. The van der Waals surface area contributed by atoms with Crippen LogP contribution in [0.3, 0.4) is 0 Å². The second-order valence-corrected chi connectivity index (χ2v) is 4.17. The third-order valence-electron chi connectivity index (χ3n) is 2.85. The Morgan fingerprint density at radius 2 is 2.29 bits per heavy atom. The summed E-state index contributed by atoms with van der Waals surface area (Å²) in [7, 11) is 1.39. The minimum Gasteiger partial charge on any atom is -0.468 e. The van der Waals surface area contributed by atoms with E-state index < -0.39 is 0 Å². The Balaban J connectivity index is 2.47. The van der Waals surface area contributed by atoms with Crippen molar-refractivity contribution >= 4 is 5.97 Å². The van der Waals surface area contributed by atoms with Crippen LogP contribution in [0, 0.1) is 0 Å². The number of nitrogens with zero attached hydrogens (tertiary/aromatic N) is 2. The van der Waals surface area contributed by atoms with Crippen LogP contribution in [0.4, 0.5) is 0 Å². The van der Waals surface area contributed by atoms with Gasteiger partial charge in [-0.25, -0.2) is 0 Å². The second kappa shape index (κ2) is 6.39. The van der Waals surface area contributed by atoms with Gasteiger partial charge in [0.2, 0.25) is 0 Å². The Bertz CT molecular complexity index is 362. The summed E-state index contributed by atoms with van der Waals surface area (Å²) in [6.07, 6.45) is 3.01. The molecular formula is C12H21N3O2. The highest BCUT2D eigenvalue weighted by molar-refractivity contribution is 5.74. The van der Waals surface area contributed by atoms with E-state index in [1.807, 2.05) is 16.9 Å². The van der Waals surface area contributed by atoms with Crippen LogP contribution in [0.5, 0.6) is 0 Å². The first-order chi connectivity index (χ1) is 8.08. The lowest BCUT2D eigenvalue weighted by molar-refractivity contribution is -0.142. The molecule has 1 N–H and O–H groups in total. The minimum absolute atomic E-state index is 0.258. The molecule has 0 aromatic carbocycles. The molecule has 2 atom stereocenters. The van der Waals surface area contributed by atoms with Crippen molar-refractivity contribution in [3.63, 3.8) is 0 Å². The van der Waals surface area contributed by atoms with E-state index in [0.29, 0.717) is 12.6 Å². The molecule has 0 fully saturated rings. The van der Waals surface area contributed by atoms with E-state index in [1.54, 1.807) is 6.92 Å². The van der Waals surface area contributed by atoms with Gasteiger partial charge in [0.05, 0.1) is 12.8 Å². The van der Waals surface area contributed by atoms with Gasteiger partial charge in [-0.05, 0) is 26.3 Å². The monoisotopic (exact) mass is 239 g/mol. The third-order valence-corrected chi connectivity index (χ3v) is 2.85. The van der Waals surface area contributed by atoms with Gasteiger partial charge in [0.25, 0.3) is 0 Å². The molecule has 0 aliphatic heterocycles. The first kappa shape index (κ1) is 13.7. The zero-order chi connectivity index (χ0) is 12.8. The van der Waals surface area contributed by atoms with Crippen LogP contribution in [-0.4, -0.2) is 28.9 Å². The molecule has 0 aliphatic carbocycles. The number of methoxy groups -OCH3 is 1. The summed E-state index contributed by atoms with van der Waals surface area (Å²) in [4.78, 5) is 11.2.